The summed E-state index contributed by atoms with van der Waals surface area (Å²) in [4.78, 5) is 17.1. The number of methoxy groups -OCH3 is 1. The molecule has 0 fully saturated rings. The molecule has 0 spiro atoms. The summed E-state index contributed by atoms with van der Waals surface area (Å²) < 4.78 is 5.24. The summed E-state index contributed by atoms with van der Waals surface area (Å²) in [6.45, 7) is 4.64. The molecule has 2 aromatic carbocycles. The molecule has 0 unspecified atom stereocenters. The van der Waals surface area contributed by atoms with Gasteiger partial charge in [-0.25, -0.2) is 4.98 Å². The Bertz CT molecular complexity index is 970. The van der Waals surface area contributed by atoms with Crippen molar-refractivity contribution < 1.29 is 9.53 Å². The van der Waals surface area contributed by atoms with Gasteiger partial charge in [-0.1, -0.05) is 24.3 Å². The molecule has 0 aliphatic heterocycles. The number of aryl methyl sites for hydroxylation is 1. The Balaban J connectivity index is 1.68. The maximum Gasteiger partial charge on any atom is 0.255 e. The lowest BCUT2D eigenvalue weighted by Crippen LogP contribution is -2.26. The average molecular weight is 375 g/mol. The van der Waals surface area contributed by atoms with Crippen LogP contribution in [0.1, 0.15) is 27.0 Å². The van der Waals surface area contributed by atoms with E-state index in [0.717, 1.165) is 29.0 Å². The summed E-state index contributed by atoms with van der Waals surface area (Å²) in [6.07, 6.45) is 2.41. The van der Waals surface area contributed by atoms with E-state index in [9.17, 15) is 4.79 Å². The van der Waals surface area contributed by atoms with Gasteiger partial charge in [0.05, 0.1) is 12.7 Å². The van der Waals surface area contributed by atoms with Crippen LogP contribution in [0.3, 0.4) is 0 Å². The average Bonchev–Trinajstić information content (AvgIpc) is 2.72. The van der Waals surface area contributed by atoms with E-state index in [4.69, 9.17) is 4.74 Å². The molecule has 3 aromatic rings. The van der Waals surface area contributed by atoms with Gasteiger partial charge in [-0.3, -0.25) is 4.79 Å². The molecule has 0 aliphatic rings. The highest BCUT2D eigenvalue weighted by molar-refractivity contribution is 5.99. The van der Waals surface area contributed by atoms with E-state index < -0.39 is 0 Å². The highest BCUT2D eigenvalue weighted by atomic mass is 16.5. The van der Waals surface area contributed by atoms with Gasteiger partial charge >= 0.3 is 0 Å². The van der Waals surface area contributed by atoms with E-state index in [2.05, 4.69) is 35.5 Å². The number of anilines is 2. The monoisotopic (exact) mass is 375 g/mol. The zero-order valence-electron chi connectivity index (χ0n) is 16.5. The molecular weight excluding hydrogens is 350 g/mol. The van der Waals surface area contributed by atoms with E-state index in [0.29, 0.717) is 17.9 Å². The van der Waals surface area contributed by atoms with E-state index in [-0.39, 0.29) is 5.91 Å². The predicted molar refractivity (Wildman–Crippen MR) is 112 cm³/mol. The summed E-state index contributed by atoms with van der Waals surface area (Å²) >= 11 is 0. The standard InChI is InChI=1S/C23H25N3O2/c1-16-7-4-11-21(17(16)2)26-22-20(10-6-13-24-22)23(27)25-14-12-18-8-5-9-19(15-18)28-3/h4-11,13,15H,12,14H2,1-3H3,(H,24,26)(H,25,27). The smallest absolute Gasteiger partial charge is 0.255 e. The molecule has 0 radical (unpaired) electrons. The van der Waals surface area contributed by atoms with Crippen LogP contribution in [-0.4, -0.2) is 24.5 Å². The normalized spacial score (nSPS) is 10.4. The van der Waals surface area contributed by atoms with Crippen LogP contribution in [0.2, 0.25) is 0 Å². The first kappa shape index (κ1) is 19.4. The fraction of sp³-hybridized carbons (Fsp3) is 0.217. The van der Waals surface area contributed by atoms with Crippen LogP contribution in [0, 0.1) is 13.8 Å². The van der Waals surface area contributed by atoms with Gasteiger partial charge in [0.2, 0.25) is 0 Å². The SMILES string of the molecule is COc1cccc(CCNC(=O)c2cccnc2Nc2cccc(C)c2C)c1. The lowest BCUT2D eigenvalue weighted by atomic mass is 10.1. The number of nitrogens with one attached hydrogen (secondary N) is 2. The van der Waals surface area contributed by atoms with Gasteiger partial charge in [-0.15, -0.1) is 0 Å². The second kappa shape index (κ2) is 9.04. The molecule has 1 aromatic heterocycles. The number of benzene rings is 2. The van der Waals surface area contributed by atoms with Gasteiger partial charge in [0.1, 0.15) is 11.6 Å². The Morgan fingerprint density at radius 3 is 2.71 bits per heavy atom. The molecule has 1 amide bonds. The molecule has 0 bridgehead atoms. The molecule has 0 saturated carbocycles. The largest absolute Gasteiger partial charge is 0.497 e. The number of hydrogen-bond acceptors (Lipinski definition) is 4. The number of carbonyl (C=O) groups is 1. The van der Waals surface area contributed by atoms with Crippen molar-refractivity contribution in [3.8, 4) is 5.75 Å². The minimum atomic E-state index is -0.149. The quantitative estimate of drug-likeness (QED) is 0.641. The Kier molecular flexibility index (Phi) is 6.27. The second-order valence-corrected chi connectivity index (χ2v) is 6.63. The third kappa shape index (κ3) is 4.68. The summed E-state index contributed by atoms with van der Waals surface area (Å²) in [7, 11) is 1.65. The molecule has 2 N–H and O–H groups in total. The van der Waals surface area contributed by atoms with E-state index in [1.165, 1.54) is 5.56 Å². The zero-order chi connectivity index (χ0) is 19.9. The topological polar surface area (TPSA) is 63.2 Å². The fourth-order valence-electron chi connectivity index (χ4n) is 2.95. The van der Waals surface area contributed by atoms with Gasteiger partial charge in [-0.2, -0.15) is 0 Å². The number of aromatic nitrogens is 1. The first-order valence-electron chi connectivity index (χ1n) is 9.28. The molecule has 1 heterocycles. The van der Waals surface area contributed by atoms with Crippen LogP contribution in [0.15, 0.2) is 60.8 Å². The molecule has 3 rings (SSSR count). The fourth-order valence-corrected chi connectivity index (χ4v) is 2.95. The highest BCUT2D eigenvalue weighted by Gasteiger charge is 2.13. The van der Waals surface area contributed by atoms with Crippen molar-refractivity contribution in [1.29, 1.82) is 0 Å². The Labute approximate surface area is 165 Å². The number of carbonyl (C=O) groups excluding carboxylic acids is 1. The Morgan fingerprint density at radius 1 is 1.07 bits per heavy atom. The van der Waals surface area contributed by atoms with Crippen molar-refractivity contribution in [1.82, 2.24) is 10.3 Å². The lowest BCUT2D eigenvalue weighted by Gasteiger charge is -2.14. The van der Waals surface area contributed by atoms with Crippen LogP contribution < -0.4 is 15.4 Å². The van der Waals surface area contributed by atoms with E-state index >= 15 is 0 Å². The first-order valence-corrected chi connectivity index (χ1v) is 9.28. The maximum atomic E-state index is 12.7. The minimum absolute atomic E-state index is 0.149. The minimum Gasteiger partial charge on any atom is -0.497 e. The summed E-state index contributed by atoms with van der Waals surface area (Å²) in [5, 5.41) is 6.27. The van der Waals surface area contributed by atoms with E-state index in [1.807, 2.05) is 36.4 Å². The van der Waals surface area contributed by atoms with Crippen LogP contribution in [-0.2, 0) is 6.42 Å². The van der Waals surface area contributed by atoms with E-state index in [1.54, 1.807) is 25.4 Å². The van der Waals surface area contributed by atoms with Crippen molar-refractivity contribution in [3.63, 3.8) is 0 Å². The molecule has 0 saturated heterocycles. The molecule has 5 heteroatoms. The van der Waals surface area contributed by atoms with Crippen molar-refractivity contribution in [3.05, 3.63) is 83.0 Å². The van der Waals surface area contributed by atoms with Crippen molar-refractivity contribution in [2.45, 2.75) is 20.3 Å². The molecule has 28 heavy (non-hydrogen) atoms. The Hall–Kier alpha value is -3.34. The second-order valence-electron chi connectivity index (χ2n) is 6.63. The predicted octanol–water partition coefficient (Wildman–Crippen LogP) is 4.42. The number of ether oxygens (including phenoxy) is 1. The van der Waals surface area contributed by atoms with Crippen LogP contribution in [0.25, 0.3) is 0 Å². The molecule has 144 valence electrons. The van der Waals surface area contributed by atoms with Gasteiger partial charge in [0, 0.05) is 18.4 Å². The third-order valence-corrected chi connectivity index (χ3v) is 4.74. The first-order chi connectivity index (χ1) is 13.6. The zero-order valence-corrected chi connectivity index (χ0v) is 16.5. The Morgan fingerprint density at radius 2 is 1.89 bits per heavy atom. The molecular formula is C23H25N3O2. The summed E-state index contributed by atoms with van der Waals surface area (Å²) in [5.74, 6) is 1.22. The summed E-state index contributed by atoms with van der Waals surface area (Å²) in [5.41, 5.74) is 4.90. The molecule has 0 atom stereocenters. The number of rotatable bonds is 7. The van der Waals surface area contributed by atoms with Crippen LogP contribution in [0.4, 0.5) is 11.5 Å². The van der Waals surface area contributed by atoms with Gasteiger partial charge < -0.3 is 15.4 Å². The number of amides is 1. The maximum absolute atomic E-state index is 12.7. The van der Waals surface area contributed by atoms with Gasteiger partial charge in [0.25, 0.3) is 5.91 Å². The van der Waals surface area contributed by atoms with Gasteiger partial charge in [0.15, 0.2) is 0 Å². The lowest BCUT2D eigenvalue weighted by molar-refractivity contribution is 0.0954. The van der Waals surface area contributed by atoms with Crippen LogP contribution in [0.5, 0.6) is 5.75 Å². The number of pyridine rings is 1. The molecule has 0 aliphatic carbocycles. The van der Waals surface area contributed by atoms with Gasteiger partial charge in [-0.05, 0) is 67.3 Å². The third-order valence-electron chi connectivity index (χ3n) is 4.74. The van der Waals surface area contributed by atoms with Crippen molar-refractivity contribution in [2.24, 2.45) is 0 Å². The van der Waals surface area contributed by atoms with Crippen molar-refractivity contribution >= 4 is 17.4 Å². The molecule has 5 nitrogen and oxygen atoms in total. The van der Waals surface area contributed by atoms with Crippen LogP contribution >= 0.6 is 0 Å². The highest BCUT2D eigenvalue weighted by Crippen LogP contribution is 2.23. The summed E-state index contributed by atoms with van der Waals surface area (Å²) in [6, 6.07) is 17.4. The van der Waals surface area contributed by atoms with Crippen molar-refractivity contribution in [2.75, 3.05) is 19.0 Å². The number of nitrogens with zero attached hydrogens (tertiary/aromatic N) is 1. The number of hydrogen-bond donors (Lipinski definition) is 2.